The lowest BCUT2D eigenvalue weighted by molar-refractivity contribution is 0.0313. The minimum atomic E-state index is -0.727. The number of ether oxygens (including phenoxy) is 1. The molecule has 3 aromatic carbocycles. The molecule has 1 heterocycles. The van der Waals surface area contributed by atoms with Gasteiger partial charge < -0.3 is 4.74 Å². The minimum Gasteiger partial charge on any atom is -0.443 e. The number of amidine groups is 1. The molecule has 0 radical (unpaired) electrons. The Kier molecular flexibility index (Phi) is 6.59. The van der Waals surface area contributed by atoms with Gasteiger partial charge in [0.2, 0.25) is 0 Å². The molecule has 4 rings (SSSR count). The van der Waals surface area contributed by atoms with Gasteiger partial charge in [0, 0.05) is 5.56 Å². The number of ketones is 1. The molecule has 0 spiro atoms. The second-order valence-electron chi connectivity index (χ2n) is 9.21. The maximum Gasteiger partial charge on any atom is 0.416 e. The smallest absolute Gasteiger partial charge is 0.416 e. The van der Waals surface area contributed by atoms with Crippen molar-refractivity contribution in [2.75, 3.05) is 0 Å². The maximum absolute atomic E-state index is 13.5. The Morgan fingerprint density at radius 2 is 1.44 bits per heavy atom. The van der Waals surface area contributed by atoms with E-state index in [0.29, 0.717) is 11.4 Å². The number of aliphatic imine (C=N–C) groups is 1. The fourth-order valence-electron chi connectivity index (χ4n) is 4.03. The summed E-state index contributed by atoms with van der Waals surface area (Å²) in [5, 5.41) is 0. The van der Waals surface area contributed by atoms with Crippen molar-refractivity contribution >= 4 is 17.7 Å². The summed E-state index contributed by atoms with van der Waals surface area (Å²) in [4.78, 5) is 32.9. The van der Waals surface area contributed by atoms with Crippen LogP contribution in [-0.4, -0.2) is 28.2 Å². The standard InChI is InChI=1S/C28H27FN2O3/c1-28(2,3)34-27(33)31-24(18-23(32)19-14-16-22(29)17-15-19)30-25(20-10-6-4-7-11-20)26(31)21-12-8-5-9-13-21/h4-17,25-26H,18H2,1-3H3/t25-,26+/m0/s1. The fourth-order valence-corrected chi connectivity index (χ4v) is 4.03. The highest BCUT2D eigenvalue weighted by Crippen LogP contribution is 2.43. The highest BCUT2D eigenvalue weighted by atomic mass is 19.1. The molecule has 1 aliphatic rings. The Bertz CT molecular complexity index is 1190. The zero-order valence-corrected chi connectivity index (χ0v) is 19.4. The van der Waals surface area contributed by atoms with Crippen LogP contribution in [0.3, 0.4) is 0 Å². The van der Waals surface area contributed by atoms with Gasteiger partial charge in [0.05, 0.1) is 12.5 Å². The molecular formula is C28H27FN2O3. The van der Waals surface area contributed by atoms with Crippen molar-refractivity contribution in [1.29, 1.82) is 0 Å². The quantitative estimate of drug-likeness (QED) is 0.409. The van der Waals surface area contributed by atoms with E-state index in [1.165, 1.54) is 29.2 Å². The Balaban J connectivity index is 1.77. The summed E-state index contributed by atoms with van der Waals surface area (Å²) < 4.78 is 19.1. The Morgan fingerprint density at radius 1 is 0.882 bits per heavy atom. The van der Waals surface area contributed by atoms with Crippen LogP contribution in [0.2, 0.25) is 0 Å². The van der Waals surface area contributed by atoms with Gasteiger partial charge >= 0.3 is 6.09 Å². The van der Waals surface area contributed by atoms with Crippen molar-refractivity contribution in [1.82, 2.24) is 4.90 Å². The molecule has 1 amide bonds. The highest BCUT2D eigenvalue weighted by molar-refractivity contribution is 6.12. The van der Waals surface area contributed by atoms with E-state index in [1.807, 2.05) is 60.7 Å². The van der Waals surface area contributed by atoms with Gasteiger partial charge in [-0.3, -0.25) is 14.7 Å². The number of rotatable bonds is 5. The first kappa shape index (κ1) is 23.4. The second kappa shape index (κ2) is 9.59. The van der Waals surface area contributed by atoms with E-state index in [0.717, 1.165) is 11.1 Å². The van der Waals surface area contributed by atoms with Gasteiger partial charge in [-0.05, 0) is 56.2 Å². The van der Waals surface area contributed by atoms with Crippen LogP contribution in [0.15, 0.2) is 89.9 Å². The largest absolute Gasteiger partial charge is 0.443 e. The van der Waals surface area contributed by atoms with Gasteiger partial charge in [-0.25, -0.2) is 9.18 Å². The number of carbonyl (C=O) groups excluding carboxylic acids is 2. The average molecular weight is 459 g/mol. The molecule has 6 heteroatoms. The third kappa shape index (κ3) is 5.22. The lowest BCUT2D eigenvalue weighted by Gasteiger charge is -2.31. The first-order chi connectivity index (χ1) is 16.2. The van der Waals surface area contributed by atoms with Gasteiger partial charge in [-0.2, -0.15) is 0 Å². The molecule has 0 saturated carbocycles. The van der Waals surface area contributed by atoms with Crippen LogP contribution in [0.4, 0.5) is 9.18 Å². The number of amides is 1. The molecule has 0 aliphatic carbocycles. The Hall–Kier alpha value is -3.80. The molecule has 0 aromatic heterocycles. The van der Waals surface area contributed by atoms with Crippen molar-refractivity contribution in [2.45, 2.75) is 44.9 Å². The number of Topliss-reactive ketones (excluding diaryl/α,β-unsaturated/α-hetero) is 1. The fraction of sp³-hybridized carbons (Fsp3) is 0.250. The van der Waals surface area contributed by atoms with Crippen LogP contribution in [0.25, 0.3) is 0 Å². The first-order valence-electron chi connectivity index (χ1n) is 11.2. The van der Waals surface area contributed by atoms with Crippen LogP contribution in [0.1, 0.15) is 60.8 Å². The average Bonchev–Trinajstić information content (AvgIpc) is 3.19. The van der Waals surface area contributed by atoms with Crippen molar-refractivity contribution in [2.24, 2.45) is 4.99 Å². The zero-order chi connectivity index (χ0) is 24.3. The number of halogens is 1. The van der Waals surface area contributed by atoms with Gasteiger partial charge in [0.1, 0.15) is 23.3 Å². The number of benzene rings is 3. The maximum atomic E-state index is 13.5. The van der Waals surface area contributed by atoms with E-state index in [1.54, 1.807) is 20.8 Å². The van der Waals surface area contributed by atoms with E-state index in [-0.39, 0.29) is 12.2 Å². The van der Waals surface area contributed by atoms with Crippen molar-refractivity contribution in [3.8, 4) is 0 Å². The summed E-state index contributed by atoms with van der Waals surface area (Å²) in [5.41, 5.74) is 1.44. The summed E-state index contributed by atoms with van der Waals surface area (Å²) in [7, 11) is 0. The zero-order valence-electron chi connectivity index (χ0n) is 19.4. The van der Waals surface area contributed by atoms with E-state index in [4.69, 9.17) is 9.73 Å². The number of nitrogens with zero attached hydrogens (tertiary/aromatic N) is 2. The van der Waals surface area contributed by atoms with E-state index in [2.05, 4.69) is 0 Å². The van der Waals surface area contributed by atoms with Crippen LogP contribution < -0.4 is 0 Å². The molecule has 0 fully saturated rings. The Labute approximate surface area is 198 Å². The third-order valence-electron chi connectivity index (χ3n) is 5.50. The lowest BCUT2D eigenvalue weighted by atomic mass is 9.94. The molecule has 0 N–H and O–H groups in total. The van der Waals surface area contributed by atoms with E-state index >= 15 is 0 Å². The van der Waals surface area contributed by atoms with Gasteiger partial charge in [-0.1, -0.05) is 60.7 Å². The molecule has 2 atom stereocenters. The first-order valence-corrected chi connectivity index (χ1v) is 11.2. The molecule has 1 aliphatic heterocycles. The minimum absolute atomic E-state index is 0.114. The molecule has 0 saturated heterocycles. The summed E-state index contributed by atoms with van der Waals surface area (Å²) in [5.74, 6) is -0.350. The van der Waals surface area contributed by atoms with Crippen LogP contribution in [0, 0.1) is 5.82 Å². The predicted molar refractivity (Wildman–Crippen MR) is 129 cm³/mol. The number of hydrogen-bond acceptors (Lipinski definition) is 4. The summed E-state index contributed by atoms with van der Waals surface area (Å²) >= 11 is 0. The molecule has 174 valence electrons. The topological polar surface area (TPSA) is 59.0 Å². The molecule has 0 bridgehead atoms. The van der Waals surface area contributed by atoms with Crippen LogP contribution in [-0.2, 0) is 4.74 Å². The molecule has 3 aromatic rings. The van der Waals surface area contributed by atoms with E-state index < -0.39 is 29.6 Å². The van der Waals surface area contributed by atoms with Gasteiger partial charge in [-0.15, -0.1) is 0 Å². The molecular weight excluding hydrogens is 431 g/mol. The van der Waals surface area contributed by atoms with Crippen LogP contribution in [0.5, 0.6) is 0 Å². The normalized spacial score (nSPS) is 17.9. The summed E-state index contributed by atoms with van der Waals surface area (Å²) in [6, 6.07) is 23.8. The summed E-state index contributed by atoms with van der Waals surface area (Å²) in [6.07, 6.45) is -0.678. The lowest BCUT2D eigenvalue weighted by Crippen LogP contribution is -2.41. The van der Waals surface area contributed by atoms with Gasteiger partial charge in [0.15, 0.2) is 5.78 Å². The number of hydrogen-bond donors (Lipinski definition) is 0. The van der Waals surface area contributed by atoms with E-state index in [9.17, 15) is 14.0 Å². The van der Waals surface area contributed by atoms with Crippen molar-refractivity contribution < 1.29 is 18.7 Å². The third-order valence-corrected chi connectivity index (χ3v) is 5.50. The van der Waals surface area contributed by atoms with Gasteiger partial charge in [0.25, 0.3) is 0 Å². The monoisotopic (exact) mass is 458 g/mol. The van der Waals surface area contributed by atoms with Crippen molar-refractivity contribution in [3.63, 3.8) is 0 Å². The van der Waals surface area contributed by atoms with Crippen molar-refractivity contribution in [3.05, 3.63) is 107 Å². The van der Waals surface area contributed by atoms with Crippen LogP contribution >= 0.6 is 0 Å². The number of carbonyl (C=O) groups is 2. The second-order valence-corrected chi connectivity index (χ2v) is 9.21. The SMILES string of the molecule is CC(C)(C)OC(=O)N1C(CC(=O)c2ccc(F)cc2)=N[C@@H](c2ccccc2)[C@H]1c1ccccc1. The predicted octanol–water partition coefficient (Wildman–Crippen LogP) is 6.53. The molecule has 34 heavy (non-hydrogen) atoms. The summed E-state index contributed by atoms with van der Waals surface area (Å²) in [6.45, 7) is 5.40. The highest BCUT2D eigenvalue weighted by Gasteiger charge is 2.43. The molecule has 5 nitrogen and oxygen atoms in total. The Morgan fingerprint density at radius 3 is 2.00 bits per heavy atom. The molecule has 0 unspecified atom stereocenters.